The fourth-order valence-electron chi connectivity index (χ4n) is 19.5. The molecule has 26 aromatic rings. The molecule has 0 radical (unpaired) electrons. The normalized spacial score (nSPS) is 11.8. The summed E-state index contributed by atoms with van der Waals surface area (Å²) in [6.07, 6.45) is 3.60. The van der Waals surface area contributed by atoms with Crippen molar-refractivity contribution in [2.45, 2.75) is 0 Å². The van der Waals surface area contributed by atoms with Crippen LogP contribution in [0.5, 0.6) is 0 Å². The second-order valence-electron chi connectivity index (χ2n) is 33.1. The van der Waals surface area contributed by atoms with Crippen molar-refractivity contribution in [1.82, 2.24) is 72.7 Å². The highest BCUT2D eigenvalue weighted by Gasteiger charge is 2.26. The molecule has 0 spiro atoms. The summed E-state index contributed by atoms with van der Waals surface area (Å²) in [7, 11) is 0. The summed E-state index contributed by atoms with van der Waals surface area (Å²) in [6.45, 7) is 0. The van der Waals surface area contributed by atoms with Gasteiger partial charge >= 0.3 is 0 Å². The monoisotopic (exact) mass is 1670 g/mol. The highest BCUT2D eigenvalue weighted by atomic mass is 15.1. The Morgan fingerprint density at radius 3 is 0.664 bits per heavy atom. The van der Waals surface area contributed by atoms with E-state index in [1.54, 1.807) is 6.20 Å². The number of hydrogen-bond donors (Lipinski definition) is 0. The molecule has 0 N–H and O–H groups in total. The Kier molecular flexibility index (Phi) is 17.2. The lowest BCUT2D eigenvalue weighted by Crippen LogP contribution is -2.05. The van der Waals surface area contributed by atoms with E-state index >= 15 is 0 Å². The van der Waals surface area contributed by atoms with Crippen LogP contribution in [-0.2, 0) is 0 Å². The molecule has 0 atom stereocenters. The molecule has 0 saturated heterocycles. The molecule has 0 unspecified atom stereocenters. The topological polar surface area (TPSA) is 154 Å². The number of fused-ring (bicyclic) bond motifs is 15. The maximum Gasteiger partial charge on any atom is 0.201 e. The molecular weight excluding hydrogens is 1600 g/mol. The van der Waals surface area contributed by atoms with Crippen LogP contribution in [0.1, 0.15) is 0 Å². The third-order valence-electron chi connectivity index (χ3n) is 25.6. The Bertz CT molecular complexity index is 8970. The SMILES string of the molecule is c1ccc(-c2nc(-c3ccccc3)nc(-c3nccc(-n4c5ccccc5c5cc(-c6ccc7c(c6)c6ccc(-c8ccc9c%10cc(-c%11ccc%12c(c%11)c%11cc(-c%13ccc%14c(c%13)c%13ccccc%13n%14-c%13ccccc%13)ccc%11n%12-c%11ccnc(-c%12nc(-c%13ccccc%13)nc(-c%13ccccc%13)n%12)n%11)ccc%10n(-c%10ccccc%10)c9c8)cc6n7-c6ccccc6)ccc54)n3)n2)cc1. The third kappa shape index (κ3) is 12.6. The van der Waals surface area contributed by atoms with Crippen molar-refractivity contribution in [3.05, 3.63) is 431 Å². The van der Waals surface area contributed by atoms with Crippen molar-refractivity contribution in [3.63, 3.8) is 0 Å². The predicted octanol–water partition coefficient (Wildman–Crippen LogP) is 27.8. The molecule has 131 heavy (non-hydrogen) atoms. The second-order valence-corrected chi connectivity index (χ2v) is 33.1. The number of para-hydroxylation sites is 5. The van der Waals surface area contributed by atoms with Crippen molar-refractivity contribution in [1.29, 1.82) is 0 Å². The van der Waals surface area contributed by atoms with Gasteiger partial charge in [-0.1, -0.05) is 273 Å². The summed E-state index contributed by atoms with van der Waals surface area (Å²) in [4.78, 5) is 50.4. The second kappa shape index (κ2) is 30.4. The zero-order valence-corrected chi connectivity index (χ0v) is 70.2. The van der Waals surface area contributed by atoms with Gasteiger partial charge in [-0.15, -0.1) is 0 Å². The van der Waals surface area contributed by atoms with Crippen molar-refractivity contribution in [2.24, 2.45) is 0 Å². The maximum absolute atomic E-state index is 5.40. The minimum absolute atomic E-state index is 0.371. The number of rotatable bonds is 15. The lowest BCUT2D eigenvalue weighted by Gasteiger charge is -2.11. The van der Waals surface area contributed by atoms with Crippen LogP contribution in [0.4, 0.5) is 0 Å². The smallest absolute Gasteiger partial charge is 0.201 e. The van der Waals surface area contributed by atoms with E-state index in [4.69, 9.17) is 49.8 Å². The molecule has 9 aromatic heterocycles. The molecule has 9 heterocycles. The van der Waals surface area contributed by atoms with E-state index in [0.29, 0.717) is 58.2 Å². The lowest BCUT2D eigenvalue weighted by atomic mass is 9.98. The Morgan fingerprint density at radius 1 is 0.130 bits per heavy atom. The van der Waals surface area contributed by atoms with E-state index in [9.17, 15) is 0 Å². The van der Waals surface area contributed by atoms with Crippen molar-refractivity contribution >= 4 is 109 Å². The Balaban J connectivity index is 0.581. The van der Waals surface area contributed by atoms with E-state index in [1.165, 1.54) is 10.8 Å². The van der Waals surface area contributed by atoms with Gasteiger partial charge in [0.2, 0.25) is 11.6 Å². The Labute approximate surface area is 749 Å². The van der Waals surface area contributed by atoms with Crippen LogP contribution < -0.4 is 0 Å². The van der Waals surface area contributed by atoms with E-state index in [2.05, 4.69) is 308 Å². The first-order chi connectivity index (χ1) is 64.9. The van der Waals surface area contributed by atoms with Gasteiger partial charge in [-0.05, 0) is 190 Å². The first-order valence-electron chi connectivity index (χ1n) is 43.8. The molecule has 0 saturated carbocycles. The molecule has 15 nitrogen and oxygen atoms in total. The Morgan fingerprint density at radius 2 is 0.351 bits per heavy atom. The van der Waals surface area contributed by atoms with Crippen LogP contribution >= 0.6 is 0 Å². The van der Waals surface area contributed by atoms with Crippen LogP contribution in [0.2, 0.25) is 0 Å². The van der Waals surface area contributed by atoms with Crippen LogP contribution in [0, 0.1) is 0 Å². The van der Waals surface area contributed by atoms with E-state index < -0.39 is 0 Å². The molecule has 610 valence electrons. The molecular formula is C116H71N15. The van der Waals surface area contributed by atoms with Crippen LogP contribution in [0.3, 0.4) is 0 Å². The van der Waals surface area contributed by atoms with Crippen LogP contribution in [0.25, 0.3) is 251 Å². The Hall–Kier alpha value is -18.1. The van der Waals surface area contributed by atoms with Gasteiger partial charge in [0.05, 0.1) is 55.2 Å². The minimum atomic E-state index is 0.371. The fraction of sp³-hybridized carbons (Fsp3) is 0. The number of aromatic nitrogens is 15. The standard InChI is InChI=1S/C116H71N15/c1-8-26-72(27-9-1)109-121-110(73-28-10-2-11-29-73)124-115(123-109)113-117-62-60-107(119-113)130-98-43-25-23-41-88(98)92-65-79(49-57-102(92)130)77-47-55-100-93(66-77)89-52-44-82(70-105(89)128(100)85-36-18-6-19-37-85)83-45-53-90-94-67-78(48-56-101(94)129(106(90)71-83)86-38-20-7-21-39-86)81-51-59-104-96(69-81)95-68-80(76-46-54-99-91(64-76)87-40-22-24-42-97(87)127(99)84-34-16-5-17-35-84)50-58-103(95)131(104)108-61-63-118-114(120-108)116-125-111(74-30-12-3-13-31-74)122-112(126-116)75-32-14-4-15-33-75/h1-71H. The number of hydrogen-bond acceptors (Lipinski definition) is 10. The zero-order chi connectivity index (χ0) is 86.1. The molecule has 0 aliphatic carbocycles. The van der Waals surface area contributed by atoms with Crippen molar-refractivity contribution in [3.8, 4) is 142 Å². The molecule has 17 aromatic carbocycles. The van der Waals surface area contributed by atoms with E-state index in [-0.39, 0.29) is 0 Å². The average molecular weight is 1670 g/mol. The molecule has 0 amide bonds. The zero-order valence-electron chi connectivity index (χ0n) is 70.2. The number of nitrogens with zero attached hydrogens (tertiary/aromatic N) is 15. The van der Waals surface area contributed by atoms with Gasteiger partial charge in [-0.2, -0.15) is 0 Å². The van der Waals surface area contributed by atoms with Crippen molar-refractivity contribution in [2.75, 3.05) is 0 Å². The number of benzene rings is 17. The molecule has 0 fully saturated rings. The summed E-state index contributed by atoms with van der Waals surface area (Å²) < 4.78 is 11.7. The first kappa shape index (κ1) is 74.4. The highest BCUT2D eigenvalue weighted by molar-refractivity contribution is 6.17. The quantitative estimate of drug-likeness (QED) is 0.0969. The molecule has 0 aliphatic heterocycles. The first-order valence-corrected chi connectivity index (χ1v) is 43.8. The van der Waals surface area contributed by atoms with Gasteiger partial charge in [0.1, 0.15) is 11.6 Å². The fourth-order valence-corrected chi connectivity index (χ4v) is 19.5. The minimum Gasteiger partial charge on any atom is -0.309 e. The van der Waals surface area contributed by atoms with Gasteiger partial charge < -0.3 is 13.7 Å². The molecule has 26 rings (SSSR count). The molecule has 0 aliphatic rings. The maximum atomic E-state index is 5.40. The summed E-state index contributed by atoms with van der Waals surface area (Å²) in [5.41, 5.74) is 26.3. The molecule has 15 heteroatoms. The summed E-state index contributed by atoms with van der Waals surface area (Å²) in [5.74, 6) is 5.06. The van der Waals surface area contributed by atoms with Gasteiger partial charge in [-0.3, -0.25) is 9.13 Å². The largest absolute Gasteiger partial charge is 0.309 e. The summed E-state index contributed by atoms with van der Waals surface area (Å²) in [6, 6.07) is 149. The van der Waals surface area contributed by atoms with Gasteiger partial charge in [0.25, 0.3) is 0 Å². The van der Waals surface area contributed by atoms with Gasteiger partial charge in [0.15, 0.2) is 34.9 Å². The summed E-state index contributed by atoms with van der Waals surface area (Å²) >= 11 is 0. The predicted molar refractivity (Wildman–Crippen MR) is 530 cm³/mol. The highest BCUT2D eigenvalue weighted by Crippen LogP contribution is 2.46. The van der Waals surface area contributed by atoms with Gasteiger partial charge in [-0.25, -0.2) is 49.8 Å². The average Bonchev–Trinajstić information content (AvgIpc) is 1.58. The van der Waals surface area contributed by atoms with Crippen LogP contribution in [-0.4, -0.2) is 72.7 Å². The van der Waals surface area contributed by atoms with Crippen LogP contribution in [0.15, 0.2) is 431 Å². The van der Waals surface area contributed by atoms with E-state index in [0.717, 1.165) is 182 Å². The third-order valence-corrected chi connectivity index (χ3v) is 25.6. The molecule has 0 bridgehead atoms. The van der Waals surface area contributed by atoms with E-state index in [1.807, 2.05) is 140 Å². The summed E-state index contributed by atoms with van der Waals surface area (Å²) in [5, 5.41) is 11.3. The van der Waals surface area contributed by atoms with Crippen molar-refractivity contribution < 1.29 is 0 Å². The lowest BCUT2D eigenvalue weighted by molar-refractivity contribution is 0.996. The van der Waals surface area contributed by atoms with Gasteiger partial charge in [0, 0.05) is 106 Å².